The fourth-order valence-electron chi connectivity index (χ4n) is 4.82. The number of carbonyl (C=O) groups is 2. The van der Waals surface area contributed by atoms with E-state index in [-0.39, 0.29) is 17.4 Å². The molecule has 1 aliphatic heterocycles. The van der Waals surface area contributed by atoms with Crippen molar-refractivity contribution in [3.8, 4) is 5.75 Å². The van der Waals surface area contributed by atoms with Crippen LogP contribution >= 0.6 is 0 Å². The van der Waals surface area contributed by atoms with Crippen molar-refractivity contribution in [1.82, 2.24) is 9.88 Å². The van der Waals surface area contributed by atoms with Crippen molar-refractivity contribution in [2.24, 2.45) is 0 Å². The Kier molecular flexibility index (Phi) is 7.43. The number of pyridine rings is 1. The number of aliphatic hydroxyl groups is 1. The van der Waals surface area contributed by atoms with Gasteiger partial charge in [-0.05, 0) is 55.7 Å². The standard InChI is InChI=1S/C27H32N2O4/c1-2-3-9-18-33-21-15-13-19(14-16-21)25(30)23-24(22-12-7-8-17-28-22)29(27(32)26(23)31)20-10-5-4-6-11-20/h7-8,12-17,20,24,30H,2-6,9-11,18H2,1H3/b25-23-. The van der Waals surface area contributed by atoms with Crippen LogP contribution < -0.4 is 4.74 Å². The zero-order valence-electron chi connectivity index (χ0n) is 19.2. The van der Waals surface area contributed by atoms with Crippen molar-refractivity contribution >= 4 is 17.4 Å². The topological polar surface area (TPSA) is 79.7 Å². The third-order valence-electron chi connectivity index (χ3n) is 6.56. The highest BCUT2D eigenvalue weighted by Crippen LogP contribution is 2.42. The molecule has 6 nitrogen and oxygen atoms in total. The van der Waals surface area contributed by atoms with Crippen molar-refractivity contribution in [2.45, 2.75) is 70.4 Å². The van der Waals surface area contributed by atoms with Gasteiger partial charge in [-0.15, -0.1) is 0 Å². The van der Waals surface area contributed by atoms with Crippen LogP contribution in [-0.4, -0.2) is 39.3 Å². The van der Waals surface area contributed by atoms with Crippen molar-refractivity contribution in [3.63, 3.8) is 0 Å². The van der Waals surface area contributed by atoms with E-state index in [1.807, 2.05) is 12.1 Å². The first kappa shape index (κ1) is 23.0. The van der Waals surface area contributed by atoms with E-state index in [9.17, 15) is 14.7 Å². The number of nitrogens with zero attached hydrogens (tertiary/aromatic N) is 2. The third-order valence-corrected chi connectivity index (χ3v) is 6.56. The Morgan fingerprint density at radius 1 is 1.06 bits per heavy atom. The highest BCUT2D eigenvalue weighted by Gasteiger charge is 2.49. The van der Waals surface area contributed by atoms with E-state index in [0.717, 1.165) is 51.4 Å². The molecule has 2 fully saturated rings. The van der Waals surface area contributed by atoms with Gasteiger partial charge < -0.3 is 14.7 Å². The molecule has 0 radical (unpaired) electrons. The predicted octanol–water partition coefficient (Wildman–Crippen LogP) is 5.41. The minimum Gasteiger partial charge on any atom is -0.507 e. The Balaban J connectivity index is 1.67. The van der Waals surface area contributed by atoms with Gasteiger partial charge in [0.15, 0.2) is 0 Å². The van der Waals surface area contributed by atoms with E-state index in [1.165, 1.54) is 0 Å². The maximum absolute atomic E-state index is 13.2. The lowest BCUT2D eigenvalue weighted by molar-refractivity contribution is -0.141. The van der Waals surface area contributed by atoms with E-state index in [2.05, 4.69) is 11.9 Å². The maximum atomic E-state index is 13.2. The second kappa shape index (κ2) is 10.6. The average Bonchev–Trinajstić information content (AvgIpc) is 3.13. The molecule has 6 heteroatoms. The molecule has 0 spiro atoms. The largest absolute Gasteiger partial charge is 0.507 e. The van der Waals surface area contributed by atoms with Crippen LogP contribution in [0.3, 0.4) is 0 Å². The Bertz CT molecular complexity index is 995. The molecule has 4 rings (SSSR count). The van der Waals surface area contributed by atoms with Gasteiger partial charge in [-0.2, -0.15) is 0 Å². The first-order valence-electron chi connectivity index (χ1n) is 12.1. The first-order chi connectivity index (χ1) is 16.1. The Morgan fingerprint density at radius 2 is 1.82 bits per heavy atom. The number of ether oxygens (including phenoxy) is 1. The molecule has 0 bridgehead atoms. The Labute approximate surface area is 195 Å². The number of ketones is 1. The van der Waals surface area contributed by atoms with Gasteiger partial charge in [-0.1, -0.05) is 45.1 Å². The van der Waals surface area contributed by atoms with Crippen LogP contribution in [0.25, 0.3) is 5.76 Å². The van der Waals surface area contributed by atoms with Gasteiger partial charge in [-0.3, -0.25) is 14.6 Å². The number of aromatic nitrogens is 1. The van der Waals surface area contributed by atoms with E-state index in [0.29, 0.717) is 23.6 Å². The number of unbranched alkanes of at least 4 members (excludes halogenated alkanes) is 2. The van der Waals surface area contributed by atoms with Gasteiger partial charge in [0.1, 0.15) is 17.6 Å². The van der Waals surface area contributed by atoms with Gasteiger partial charge in [0.2, 0.25) is 0 Å². The first-order valence-corrected chi connectivity index (χ1v) is 12.1. The van der Waals surface area contributed by atoms with Crippen molar-refractivity contribution in [3.05, 3.63) is 65.5 Å². The van der Waals surface area contributed by atoms with Crippen molar-refractivity contribution in [2.75, 3.05) is 6.61 Å². The second-order valence-electron chi connectivity index (χ2n) is 8.83. The number of rotatable bonds is 8. The lowest BCUT2D eigenvalue weighted by atomic mass is 9.92. The Morgan fingerprint density at radius 3 is 2.48 bits per heavy atom. The molecule has 1 saturated carbocycles. The molecule has 1 saturated heterocycles. The minimum atomic E-state index is -0.681. The van der Waals surface area contributed by atoms with Gasteiger partial charge in [-0.25, -0.2) is 0 Å². The molecule has 1 aromatic carbocycles. The fourth-order valence-corrected chi connectivity index (χ4v) is 4.82. The summed E-state index contributed by atoms with van der Waals surface area (Å²) in [5.41, 5.74) is 1.19. The third kappa shape index (κ3) is 4.95. The molecule has 1 unspecified atom stereocenters. The Hall–Kier alpha value is -3.15. The summed E-state index contributed by atoms with van der Waals surface area (Å²) in [5.74, 6) is -0.643. The number of hydrogen-bond donors (Lipinski definition) is 1. The van der Waals surface area contributed by atoms with Crippen LogP contribution in [-0.2, 0) is 9.59 Å². The molecule has 2 heterocycles. The molecule has 33 heavy (non-hydrogen) atoms. The lowest BCUT2D eigenvalue weighted by Gasteiger charge is -2.35. The number of benzene rings is 1. The number of amides is 1. The summed E-state index contributed by atoms with van der Waals surface area (Å²) in [6, 6.07) is 11.8. The molecule has 1 amide bonds. The van der Waals surface area contributed by atoms with Crippen molar-refractivity contribution in [1.29, 1.82) is 0 Å². The SMILES string of the molecule is CCCCCOc1ccc(/C(O)=C2/C(=O)C(=O)N(C3CCCCC3)C2c2ccccn2)cc1. The van der Waals surface area contributed by atoms with Crippen LogP contribution in [0, 0.1) is 0 Å². The normalized spacial score (nSPS) is 20.9. The summed E-state index contributed by atoms with van der Waals surface area (Å²) in [6.07, 6.45) is 9.82. The molecule has 1 atom stereocenters. The van der Waals surface area contributed by atoms with Crippen molar-refractivity contribution < 1.29 is 19.4 Å². The molecule has 1 aromatic heterocycles. The van der Waals surface area contributed by atoms with E-state index in [1.54, 1.807) is 41.4 Å². The molecule has 1 N–H and O–H groups in total. The molecule has 2 aromatic rings. The van der Waals surface area contributed by atoms with E-state index < -0.39 is 17.7 Å². The molecule has 174 valence electrons. The number of hydrogen-bond acceptors (Lipinski definition) is 5. The molecule has 2 aliphatic rings. The van der Waals surface area contributed by atoms with Gasteiger partial charge >= 0.3 is 0 Å². The van der Waals surface area contributed by atoms with E-state index >= 15 is 0 Å². The highest BCUT2D eigenvalue weighted by molar-refractivity contribution is 6.46. The van der Waals surface area contributed by atoms with Gasteiger partial charge in [0.05, 0.1) is 17.9 Å². The maximum Gasteiger partial charge on any atom is 0.295 e. The zero-order chi connectivity index (χ0) is 23.2. The number of carbonyl (C=O) groups excluding carboxylic acids is 2. The number of likely N-dealkylation sites (tertiary alicyclic amines) is 1. The quantitative estimate of drug-likeness (QED) is 0.253. The molecular weight excluding hydrogens is 416 g/mol. The monoisotopic (exact) mass is 448 g/mol. The zero-order valence-corrected chi connectivity index (χ0v) is 19.2. The number of Topliss-reactive ketones (excluding diaryl/α,β-unsaturated/α-hetero) is 1. The van der Waals surface area contributed by atoms with Crippen LogP contribution in [0.5, 0.6) is 5.75 Å². The lowest BCUT2D eigenvalue weighted by Crippen LogP contribution is -2.40. The summed E-state index contributed by atoms with van der Waals surface area (Å²) in [6.45, 7) is 2.79. The second-order valence-corrected chi connectivity index (χ2v) is 8.83. The average molecular weight is 449 g/mol. The fraction of sp³-hybridized carbons (Fsp3) is 0.444. The highest BCUT2D eigenvalue weighted by atomic mass is 16.5. The summed E-state index contributed by atoms with van der Waals surface area (Å²) in [4.78, 5) is 32.4. The van der Waals surface area contributed by atoms with Crippen LogP contribution in [0.15, 0.2) is 54.2 Å². The summed E-state index contributed by atoms with van der Waals surface area (Å²) >= 11 is 0. The summed E-state index contributed by atoms with van der Waals surface area (Å²) in [5, 5.41) is 11.2. The van der Waals surface area contributed by atoms with E-state index in [4.69, 9.17) is 4.74 Å². The van der Waals surface area contributed by atoms with Crippen LogP contribution in [0.1, 0.15) is 75.6 Å². The summed E-state index contributed by atoms with van der Waals surface area (Å²) < 4.78 is 5.76. The molecular formula is C27H32N2O4. The van der Waals surface area contributed by atoms with Gasteiger partial charge in [0, 0.05) is 17.8 Å². The smallest absolute Gasteiger partial charge is 0.295 e. The van der Waals surface area contributed by atoms with Crippen LogP contribution in [0.4, 0.5) is 0 Å². The molecule has 1 aliphatic carbocycles. The van der Waals surface area contributed by atoms with Crippen LogP contribution in [0.2, 0.25) is 0 Å². The van der Waals surface area contributed by atoms with Gasteiger partial charge in [0.25, 0.3) is 11.7 Å². The minimum absolute atomic E-state index is 0.0218. The summed E-state index contributed by atoms with van der Waals surface area (Å²) in [7, 11) is 0. The number of aliphatic hydroxyl groups excluding tert-OH is 1. The predicted molar refractivity (Wildman–Crippen MR) is 127 cm³/mol.